The monoisotopic (exact) mass is 451 g/mol. The zero-order chi connectivity index (χ0) is 23.3. The first-order chi connectivity index (χ1) is 16.0. The van der Waals surface area contributed by atoms with Gasteiger partial charge in [-0.3, -0.25) is 9.69 Å². The number of likely N-dealkylation sites (N-methyl/N-ethyl adjacent to an activating group) is 1. The average molecular weight is 452 g/mol. The highest BCUT2D eigenvalue weighted by Gasteiger charge is 2.41. The molecule has 178 valence electrons. The van der Waals surface area contributed by atoms with Crippen molar-refractivity contribution in [3.63, 3.8) is 0 Å². The maximum Gasteiger partial charge on any atom is 0.185 e. The molecule has 33 heavy (non-hydrogen) atoms. The summed E-state index contributed by atoms with van der Waals surface area (Å²) in [4.78, 5) is 21.1. The predicted molar refractivity (Wildman–Crippen MR) is 134 cm³/mol. The van der Waals surface area contributed by atoms with E-state index in [-0.39, 0.29) is 5.78 Å². The average Bonchev–Trinajstić information content (AvgIpc) is 2.88. The maximum atomic E-state index is 14.4. The first-order valence-corrected chi connectivity index (χ1v) is 12.1. The molecule has 0 N–H and O–H groups in total. The van der Waals surface area contributed by atoms with E-state index in [1.165, 1.54) is 5.56 Å². The lowest BCUT2D eigenvalue weighted by Crippen LogP contribution is -2.53. The van der Waals surface area contributed by atoms with E-state index in [0.717, 1.165) is 62.8 Å². The molecule has 2 fully saturated rings. The molecule has 1 atom stereocenters. The van der Waals surface area contributed by atoms with Crippen LogP contribution in [-0.2, 0) is 15.9 Å². The van der Waals surface area contributed by atoms with Crippen molar-refractivity contribution in [1.29, 1.82) is 0 Å². The minimum Gasteiger partial charge on any atom is -0.378 e. The third kappa shape index (κ3) is 5.08. The van der Waals surface area contributed by atoms with Crippen LogP contribution in [0.5, 0.6) is 0 Å². The largest absolute Gasteiger partial charge is 0.378 e. The van der Waals surface area contributed by atoms with Crippen LogP contribution in [0.15, 0.2) is 48.5 Å². The predicted octanol–water partition coefficient (Wildman–Crippen LogP) is 3.50. The molecule has 6 nitrogen and oxygen atoms in total. The summed E-state index contributed by atoms with van der Waals surface area (Å²) in [5.74, 6) is 0.189. The first-order valence-electron chi connectivity index (χ1n) is 12.1. The molecular formula is C27H37N3O3. The summed E-state index contributed by atoms with van der Waals surface area (Å²) in [7, 11) is 4.06. The van der Waals surface area contributed by atoms with Crippen molar-refractivity contribution in [2.24, 2.45) is 0 Å². The van der Waals surface area contributed by atoms with Gasteiger partial charge in [0.2, 0.25) is 0 Å². The number of Topliss-reactive ketones (excluding diaryl/α,β-unsaturated/α-hetero) is 1. The second-order valence-corrected chi connectivity index (χ2v) is 9.17. The fourth-order valence-corrected chi connectivity index (χ4v) is 5.02. The van der Waals surface area contributed by atoms with E-state index in [1.54, 1.807) is 0 Å². The zero-order valence-corrected chi connectivity index (χ0v) is 20.3. The lowest BCUT2D eigenvalue weighted by atomic mass is 9.79. The number of carbonyl (C=O) groups is 1. The van der Waals surface area contributed by atoms with Gasteiger partial charge in [-0.05, 0) is 50.7 Å². The molecule has 2 aliphatic heterocycles. The van der Waals surface area contributed by atoms with Crippen molar-refractivity contribution in [3.8, 4) is 0 Å². The number of ketones is 1. The van der Waals surface area contributed by atoms with Gasteiger partial charge in [0.05, 0.1) is 32.0 Å². The Morgan fingerprint density at radius 1 is 0.909 bits per heavy atom. The van der Waals surface area contributed by atoms with E-state index in [9.17, 15) is 4.79 Å². The van der Waals surface area contributed by atoms with Crippen molar-refractivity contribution >= 4 is 17.2 Å². The minimum atomic E-state index is -0.608. The van der Waals surface area contributed by atoms with Crippen LogP contribution in [0.1, 0.15) is 29.3 Å². The Hall–Kier alpha value is -2.41. The van der Waals surface area contributed by atoms with E-state index in [0.29, 0.717) is 19.6 Å². The molecule has 0 aromatic heterocycles. The summed E-state index contributed by atoms with van der Waals surface area (Å²) in [5, 5.41) is 0. The van der Waals surface area contributed by atoms with Gasteiger partial charge in [-0.1, -0.05) is 37.3 Å². The molecule has 6 heteroatoms. The van der Waals surface area contributed by atoms with Gasteiger partial charge in [0, 0.05) is 43.1 Å². The molecule has 0 spiro atoms. The van der Waals surface area contributed by atoms with Crippen LogP contribution < -0.4 is 9.80 Å². The van der Waals surface area contributed by atoms with E-state index >= 15 is 0 Å². The molecule has 2 heterocycles. The SMILES string of the molecule is CCC(Cc1ccccc1)(C(=O)c1ccc(N2CCOCC2)cc1N1CCOCC1)N(C)C. The molecule has 0 radical (unpaired) electrons. The third-order valence-electron chi connectivity index (χ3n) is 7.16. The molecule has 0 saturated carbocycles. The zero-order valence-electron chi connectivity index (χ0n) is 20.3. The number of anilines is 2. The summed E-state index contributed by atoms with van der Waals surface area (Å²) in [6.45, 7) is 8.32. The van der Waals surface area contributed by atoms with Gasteiger partial charge >= 0.3 is 0 Å². The number of benzene rings is 2. The van der Waals surface area contributed by atoms with Gasteiger partial charge in [-0.15, -0.1) is 0 Å². The number of rotatable bonds is 8. The molecule has 4 rings (SSSR count). The molecule has 2 saturated heterocycles. The van der Waals surface area contributed by atoms with Crippen molar-refractivity contribution in [1.82, 2.24) is 4.90 Å². The summed E-state index contributed by atoms with van der Waals surface area (Å²) in [6.07, 6.45) is 1.42. The van der Waals surface area contributed by atoms with Crippen molar-refractivity contribution in [2.45, 2.75) is 25.3 Å². The van der Waals surface area contributed by atoms with Crippen LogP contribution in [0.3, 0.4) is 0 Å². The van der Waals surface area contributed by atoms with Crippen LogP contribution in [0.25, 0.3) is 0 Å². The Kier molecular flexibility index (Phi) is 7.68. The highest BCUT2D eigenvalue weighted by molar-refractivity contribution is 6.08. The minimum absolute atomic E-state index is 0.189. The summed E-state index contributed by atoms with van der Waals surface area (Å²) in [5.41, 5.74) is 3.56. The Morgan fingerprint density at radius 3 is 2.09 bits per heavy atom. The third-order valence-corrected chi connectivity index (χ3v) is 7.16. The molecule has 0 bridgehead atoms. The summed E-state index contributed by atoms with van der Waals surface area (Å²) >= 11 is 0. The van der Waals surface area contributed by atoms with Crippen molar-refractivity contribution in [3.05, 3.63) is 59.7 Å². The molecule has 1 unspecified atom stereocenters. The van der Waals surface area contributed by atoms with Crippen molar-refractivity contribution < 1.29 is 14.3 Å². The van der Waals surface area contributed by atoms with E-state index < -0.39 is 5.54 Å². The van der Waals surface area contributed by atoms with E-state index in [2.05, 4.69) is 52.0 Å². The summed E-state index contributed by atoms with van der Waals surface area (Å²) < 4.78 is 11.2. The van der Waals surface area contributed by atoms with Crippen LogP contribution in [0.2, 0.25) is 0 Å². The maximum absolute atomic E-state index is 14.4. The number of carbonyl (C=O) groups excluding carboxylic acids is 1. The van der Waals surface area contributed by atoms with Gasteiger partial charge in [-0.25, -0.2) is 0 Å². The lowest BCUT2D eigenvalue weighted by Gasteiger charge is -2.40. The van der Waals surface area contributed by atoms with Crippen LogP contribution in [0.4, 0.5) is 11.4 Å². The van der Waals surface area contributed by atoms with Crippen LogP contribution >= 0.6 is 0 Å². The Morgan fingerprint density at radius 2 is 1.52 bits per heavy atom. The number of nitrogens with zero attached hydrogens (tertiary/aromatic N) is 3. The Bertz CT molecular complexity index is 921. The van der Waals surface area contributed by atoms with Crippen LogP contribution in [-0.4, -0.2) is 82.9 Å². The topological polar surface area (TPSA) is 45.3 Å². The standard InChI is InChI=1S/C27H37N3O3/c1-4-27(28(2)3,21-22-8-6-5-7-9-22)26(31)24-11-10-23(29-12-16-32-17-13-29)20-25(24)30-14-18-33-19-15-30/h5-11,20H,4,12-19,21H2,1-3H3. The fraction of sp³-hybridized carbons (Fsp3) is 0.519. The van der Waals surface area contributed by atoms with Crippen LogP contribution in [0, 0.1) is 0 Å². The second-order valence-electron chi connectivity index (χ2n) is 9.17. The first kappa shape index (κ1) is 23.7. The van der Waals surface area contributed by atoms with Gasteiger partial charge in [-0.2, -0.15) is 0 Å². The highest BCUT2D eigenvalue weighted by Crippen LogP contribution is 2.35. The molecule has 2 aromatic rings. The molecule has 2 aromatic carbocycles. The second kappa shape index (κ2) is 10.7. The quantitative estimate of drug-likeness (QED) is 0.573. The highest BCUT2D eigenvalue weighted by atomic mass is 16.5. The van der Waals surface area contributed by atoms with Crippen molar-refractivity contribution in [2.75, 3.05) is 76.5 Å². The molecule has 0 aliphatic carbocycles. The lowest BCUT2D eigenvalue weighted by molar-refractivity contribution is 0.0666. The normalized spacial score (nSPS) is 18.9. The Labute approximate surface area is 198 Å². The molecule has 2 aliphatic rings. The van der Waals surface area contributed by atoms with Gasteiger partial charge in [0.1, 0.15) is 0 Å². The van der Waals surface area contributed by atoms with E-state index in [1.807, 2.05) is 32.3 Å². The van der Waals surface area contributed by atoms with Gasteiger partial charge in [0.15, 0.2) is 5.78 Å². The smallest absolute Gasteiger partial charge is 0.185 e. The number of morpholine rings is 2. The fourth-order valence-electron chi connectivity index (χ4n) is 5.02. The number of hydrogen-bond donors (Lipinski definition) is 0. The molecule has 0 amide bonds. The Balaban J connectivity index is 1.74. The van der Waals surface area contributed by atoms with Gasteiger partial charge in [0.25, 0.3) is 0 Å². The summed E-state index contributed by atoms with van der Waals surface area (Å²) in [6, 6.07) is 16.7. The van der Waals surface area contributed by atoms with E-state index in [4.69, 9.17) is 9.47 Å². The molecular weight excluding hydrogens is 414 g/mol. The number of hydrogen-bond acceptors (Lipinski definition) is 6. The van der Waals surface area contributed by atoms with Gasteiger partial charge < -0.3 is 19.3 Å². The number of ether oxygens (including phenoxy) is 2.